The molecule has 4 atom stereocenters. The van der Waals surface area contributed by atoms with Gasteiger partial charge in [-0.2, -0.15) is 0 Å². The third-order valence-electron chi connectivity index (χ3n) is 7.83. The van der Waals surface area contributed by atoms with Gasteiger partial charge in [0.15, 0.2) is 0 Å². The Bertz CT molecular complexity index is 696. The maximum Gasteiger partial charge on any atom is 0.0803 e. The largest absolute Gasteiger partial charge is 0.374 e. The number of hydrogen-bond donors (Lipinski definition) is 0. The van der Waals surface area contributed by atoms with E-state index in [1.165, 1.54) is 89.7 Å². The van der Waals surface area contributed by atoms with Crippen molar-refractivity contribution >= 4 is 5.69 Å². The molecule has 0 amide bonds. The van der Waals surface area contributed by atoms with Crippen LogP contribution in [0.1, 0.15) is 69.3 Å². The molecule has 1 aromatic carbocycles. The molecular formula is C26H38N2O. The fourth-order valence-corrected chi connectivity index (χ4v) is 6.43. The molecule has 0 N–H and O–H groups in total. The number of para-hydroxylation sites is 1. The smallest absolute Gasteiger partial charge is 0.0803 e. The van der Waals surface area contributed by atoms with Gasteiger partial charge in [0.2, 0.25) is 0 Å². The van der Waals surface area contributed by atoms with Gasteiger partial charge >= 0.3 is 0 Å². The Morgan fingerprint density at radius 1 is 0.931 bits per heavy atom. The highest BCUT2D eigenvalue weighted by Crippen LogP contribution is 2.49. The van der Waals surface area contributed by atoms with Gasteiger partial charge in [-0.25, -0.2) is 0 Å². The highest BCUT2D eigenvalue weighted by molar-refractivity contribution is 5.62. The van der Waals surface area contributed by atoms with Crippen LogP contribution in [0.15, 0.2) is 36.4 Å². The fourth-order valence-electron chi connectivity index (χ4n) is 6.43. The molecule has 1 aliphatic carbocycles. The summed E-state index contributed by atoms with van der Waals surface area (Å²) >= 11 is 0. The standard InChI is InChI=1S/C26H38N2O/c1-7-16-27(17-8-1)18-9-2-10-19-28-24-13-5-3-11-21(24)22-15-20-29-25-14-6-4-12-23(25)26(22)28/h3,5-6,11,13-14,22-23,25-26H,1-2,4,7-10,12,15-20H2. The number of ether oxygens (including phenoxy) is 1. The van der Waals surface area contributed by atoms with E-state index >= 15 is 0 Å². The van der Waals surface area contributed by atoms with Gasteiger partial charge in [-0.15, -0.1) is 0 Å². The van der Waals surface area contributed by atoms with Gasteiger partial charge in [-0.3, -0.25) is 0 Å². The lowest BCUT2D eigenvalue weighted by molar-refractivity contribution is 0.0482. The van der Waals surface area contributed by atoms with Crippen LogP contribution in [0, 0.1) is 5.92 Å². The lowest BCUT2D eigenvalue weighted by Crippen LogP contribution is -2.45. The Kier molecular flexibility index (Phi) is 6.24. The van der Waals surface area contributed by atoms with Gasteiger partial charge in [0.25, 0.3) is 0 Å². The lowest BCUT2D eigenvalue weighted by Gasteiger charge is -2.38. The second-order valence-corrected chi connectivity index (χ2v) is 9.61. The number of likely N-dealkylation sites (tertiary alicyclic amines) is 1. The van der Waals surface area contributed by atoms with E-state index in [9.17, 15) is 0 Å². The molecular weight excluding hydrogens is 356 g/mol. The molecule has 0 radical (unpaired) electrons. The van der Waals surface area contributed by atoms with Gasteiger partial charge < -0.3 is 14.5 Å². The number of fused-ring (bicyclic) bond motifs is 5. The van der Waals surface area contributed by atoms with Crippen molar-refractivity contribution in [3.63, 3.8) is 0 Å². The van der Waals surface area contributed by atoms with Gasteiger partial charge in [0, 0.05) is 36.7 Å². The summed E-state index contributed by atoms with van der Waals surface area (Å²) in [6.45, 7) is 6.10. The lowest BCUT2D eigenvalue weighted by atomic mass is 9.78. The highest BCUT2D eigenvalue weighted by atomic mass is 16.5. The van der Waals surface area contributed by atoms with Crippen molar-refractivity contribution in [3.8, 4) is 0 Å². The highest BCUT2D eigenvalue weighted by Gasteiger charge is 2.46. The summed E-state index contributed by atoms with van der Waals surface area (Å²) in [5.41, 5.74) is 3.11. The molecule has 3 nitrogen and oxygen atoms in total. The molecule has 5 rings (SSSR count). The Morgan fingerprint density at radius 3 is 2.72 bits per heavy atom. The van der Waals surface area contributed by atoms with E-state index in [1.54, 1.807) is 5.56 Å². The normalized spacial score (nSPS) is 31.8. The molecule has 3 heteroatoms. The average molecular weight is 395 g/mol. The summed E-state index contributed by atoms with van der Waals surface area (Å²) in [4.78, 5) is 5.48. The monoisotopic (exact) mass is 394 g/mol. The van der Waals surface area contributed by atoms with E-state index in [2.05, 4.69) is 46.2 Å². The first-order valence-electron chi connectivity index (χ1n) is 12.3. The minimum Gasteiger partial charge on any atom is -0.374 e. The molecule has 0 saturated carbocycles. The van der Waals surface area contributed by atoms with Crippen molar-refractivity contribution in [2.45, 2.75) is 75.9 Å². The summed E-state index contributed by atoms with van der Waals surface area (Å²) in [6, 6.07) is 9.88. The number of hydrogen-bond acceptors (Lipinski definition) is 3. The first kappa shape index (κ1) is 19.6. The summed E-state index contributed by atoms with van der Waals surface area (Å²) in [5, 5.41) is 0. The quantitative estimate of drug-likeness (QED) is 0.476. The average Bonchev–Trinajstić information content (AvgIpc) is 2.95. The number of piperidine rings is 1. The minimum absolute atomic E-state index is 0.328. The Morgan fingerprint density at radius 2 is 1.79 bits per heavy atom. The fraction of sp³-hybridized carbons (Fsp3) is 0.692. The zero-order valence-corrected chi connectivity index (χ0v) is 18.0. The van der Waals surface area contributed by atoms with Crippen molar-refractivity contribution < 1.29 is 4.74 Å². The predicted octanol–water partition coefficient (Wildman–Crippen LogP) is 5.37. The number of nitrogens with zero attached hydrogens (tertiary/aromatic N) is 2. The Hall–Kier alpha value is -1.32. The third kappa shape index (κ3) is 4.14. The van der Waals surface area contributed by atoms with Crippen LogP contribution in [0.2, 0.25) is 0 Å². The van der Waals surface area contributed by atoms with E-state index in [0.717, 1.165) is 6.61 Å². The van der Waals surface area contributed by atoms with Crippen molar-refractivity contribution in [1.29, 1.82) is 0 Å². The molecule has 3 aliphatic heterocycles. The van der Waals surface area contributed by atoms with Crippen LogP contribution in [0.25, 0.3) is 0 Å². The first-order valence-corrected chi connectivity index (χ1v) is 12.3. The van der Waals surface area contributed by atoms with Gasteiger partial charge in [-0.05, 0) is 76.2 Å². The van der Waals surface area contributed by atoms with E-state index in [4.69, 9.17) is 4.74 Å². The van der Waals surface area contributed by atoms with Crippen LogP contribution >= 0.6 is 0 Å². The molecule has 3 heterocycles. The van der Waals surface area contributed by atoms with Gasteiger partial charge in [-0.1, -0.05) is 43.2 Å². The summed E-state index contributed by atoms with van der Waals surface area (Å²) in [5.74, 6) is 1.30. The molecule has 2 fully saturated rings. The molecule has 0 bridgehead atoms. The molecule has 4 unspecified atom stereocenters. The van der Waals surface area contributed by atoms with Crippen molar-refractivity contribution in [2.75, 3.05) is 37.7 Å². The van der Waals surface area contributed by atoms with Gasteiger partial charge in [0.05, 0.1) is 6.10 Å². The Balaban J connectivity index is 1.25. The van der Waals surface area contributed by atoms with E-state index in [1.807, 2.05) is 0 Å². The summed E-state index contributed by atoms with van der Waals surface area (Å²) < 4.78 is 6.30. The number of benzene rings is 1. The minimum atomic E-state index is 0.328. The third-order valence-corrected chi connectivity index (χ3v) is 7.83. The molecule has 4 aliphatic rings. The van der Waals surface area contributed by atoms with Crippen molar-refractivity contribution in [3.05, 3.63) is 42.0 Å². The van der Waals surface area contributed by atoms with E-state index in [0.29, 0.717) is 24.0 Å². The van der Waals surface area contributed by atoms with Crippen molar-refractivity contribution in [2.24, 2.45) is 5.92 Å². The van der Waals surface area contributed by atoms with Crippen LogP contribution in [0.4, 0.5) is 5.69 Å². The predicted molar refractivity (Wildman–Crippen MR) is 121 cm³/mol. The molecule has 29 heavy (non-hydrogen) atoms. The maximum absolute atomic E-state index is 6.30. The number of allylic oxidation sites excluding steroid dienone is 1. The van der Waals surface area contributed by atoms with E-state index in [-0.39, 0.29) is 0 Å². The van der Waals surface area contributed by atoms with E-state index < -0.39 is 0 Å². The van der Waals surface area contributed by atoms with Crippen molar-refractivity contribution in [1.82, 2.24) is 4.90 Å². The second-order valence-electron chi connectivity index (χ2n) is 9.61. The Labute approximate surface area is 177 Å². The number of anilines is 1. The first-order chi connectivity index (χ1) is 14.4. The SMILES string of the molecule is C1=CC2OCCC3c4ccccc4N(CCCCCN4CCCCC4)C3C2CC1. The van der Waals surface area contributed by atoms with Crippen LogP contribution in [-0.4, -0.2) is 49.8 Å². The summed E-state index contributed by atoms with van der Waals surface area (Å²) in [7, 11) is 0. The van der Waals surface area contributed by atoms with Gasteiger partial charge in [0.1, 0.15) is 0 Å². The molecule has 2 saturated heterocycles. The molecule has 158 valence electrons. The zero-order chi connectivity index (χ0) is 19.5. The maximum atomic E-state index is 6.30. The van der Waals surface area contributed by atoms with Crippen LogP contribution in [-0.2, 0) is 4.74 Å². The number of rotatable bonds is 6. The topological polar surface area (TPSA) is 15.7 Å². The van der Waals surface area contributed by atoms with Crippen LogP contribution in [0.3, 0.4) is 0 Å². The van der Waals surface area contributed by atoms with Crippen LogP contribution in [0.5, 0.6) is 0 Å². The summed E-state index contributed by atoms with van der Waals surface area (Å²) in [6.07, 6.45) is 17.0. The molecule has 0 aromatic heterocycles. The second kappa shape index (κ2) is 9.22. The zero-order valence-electron chi connectivity index (χ0n) is 18.0. The van der Waals surface area contributed by atoms with Crippen LogP contribution < -0.4 is 4.90 Å². The molecule has 0 spiro atoms. The number of unbranched alkanes of at least 4 members (excludes halogenated alkanes) is 2. The molecule has 1 aromatic rings.